The smallest absolute Gasteiger partial charge is 0.324 e. The van der Waals surface area contributed by atoms with Crippen molar-refractivity contribution in [1.82, 2.24) is 14.2 Å². The molecule has 0 atom stereocenters. The van der Waals surface area contributed by atoms with Gasteiger partial charge < -0.3 is 10.6 Å². The van der Waals surface area contributed by atoms with E-state index in [-0.39, 0.29) is 18.4 Å². The van der Waals surface area contributed by atoms with Gasteiger partial charge in [0, 0.05) is 17.6 Å². The fourth-order valence-corrected chi connectivity index (χ4v) is 3.38. The van der Waals surface area contributed by atoms with E-state index in [4.69, 9.17) is 0 Å². The van der Waals surface area contributed by atoms with Crippen LogP contribution in [0.25, 0.3) is 5.65 Å². The molecule has 8 nitrogen and oxygen atoms in total. The van der Waals surface area contributed by atoms with E-state index in [1.54, 1.807) is 12.1 Å². The summed E-state index contributed by atoms with van der Waals surface area (Å²) in [5.74, 6) is -0.706. The third kappa shape index (κ3) is 4.44. The van der Waals surface area contributed by atoms with Gasteiger partial charge in [0.1, 0.15) is 6.54 Å². The van der Waals surface area contributed by atoms with Crippen molar-refractivity contribution in [2.45, 2.75) is 27.3 Å². The van der Waals surface area contributed by atoms with Crippen molar-refractivity contribution in [3.63, 3.8) is 0 Å². The first-order chi connectivity index (χ1) is 15.3. The molecule has 8 heteroatoms. The average Bonchev–Trinajstić information content (AvgIpc) is 3.06. The first kappa shape index (κ1) is 21.0. The van der Waals surface area contributed by atoms with E-state index in [0.717, 1.165) is 21.4 Å². The van der Waals surface area contributed by atoms with Crippen LogP contribution in [0, 0.1) is 20.8 Å². The Labute approximate surface area is 184 Å². The molecule has 0 radical (unpaired) electrons. The molecule has 2 N–H and O–H groups in total. The van der Waals surface area contributed by atoms with Gasteiger partial charge in [-0.3, -0.25) is 9.59 Å². The van der Waals surface area contributed by atoms with Crippen molar-refractivity contribution < 1.29 is 9.59 Å². The summed E-state index contributed by atoms with van der Waals surface area (Å²) in [7, 11) is 0. The van der Waals surface area contributed by atoms with Gasteiger partial charge in [-0.05, 0) is 56.7 Å². The van der Waals surface area contributed by atoms with Gasteiger partial charge in [0.05, 0.1) is 5.56 Å². The van der Waals surface area contributed by atoms with Crippen LogP contribution in [0.15, 0.2) is 65.6 Å². The Balaban J connectivity index is 1.52. The minimum atomic E-state index is -0.499. The minimum absolute atomic E-state index is 0.237. The number of aryl methyl sites for hydroxylation is 3. The summed E-state index contributed by atoms with van der Waals surface area (Å²) in [6, 6.07) is 16.3. The number of nitrogens with zero attached hydrogens (tertiary/aromatic N) is 3. The zero-order valence-corrected chi connectivity index (χ0v) is 18.0. The molecule has 2 aromatic heterocycles. The highest BCUT2D eigenvalue weighted by Crippen LogP contribution is 2.16. The van der Waals surface area contributed by atoms with Crippen LogP contribution in [0.1, 0.15) is 27.0 Å². The lowest BCUT2D eigenvalue weighted by atomic mass is 10.1. The number of anilines is 2. The van der Waals surface area contributed by atoms with Gasteiger partial charge in [-0.15, -0.1) is 5.10 Å². The molecule has 4 aromatic rings. The number of fused-ring (bicyclic) bond motifs is 1. The minimum Gasteiger partial charge on any atom is -0.324 e. The van der Waals surface area contributed by atoms with Crippen LogP contribution in [0.5, 0.6) is 0 Å². The second-order valence-corrected chi connectivity index (χ2v) is 7.77. The second-order valence-electron chi connectivity index (χ2n) is 7.77. The van der Waals surface area contributed by atoms with E-state index in [0.29, 0.717) is 22.6 Å². The van der Waals surface area contributed by atoms with Gasteiger partial charge in [0.25, 0.3) is 5.91 Å². The largest absolute Gasteiger partial charge is 0.350 e. The molecule has 0 aliphatic rings. The summed E-state index contributed by atoms with van der Waals surface area (Å²) < 4.78 is 2.34. The first-order valence-corrected chi connectivity index (χ1v) is 10.1. The highest BCUT2D eigenvalue weighted by atomic mass is 16.2. The number of benzene rings is 2. The molecule has 2 aromatic carbocycles. The van der Waals surface area contributed by atoms with Gasteiger partial charge in [-0.2, -0.15) is 0 Å². The topological polar surface area (TPSA) is 97.5 Å². The van der Waals surface area contributed by atoms with Gasteiger partial charge in [-0.25, -0.2) is 13.9 Å². The van der Waals surface area contributed by atoms with Crippen LogP contribution in [-0.2, 0) is 11.3 Å². The molecule has 0 bridgehead atoms. The van der Waals surface area contributed by atoms with Crippen LogP contribution < -0.4 is 16.3 Å². The highest BCUT2D eigenvalue weighted by molar-refractivity contribution is 6.04. The number of hydrogen-bond donors (Lipinski definition) is 2. The first-order valence-electron chi connectivity index (χ1n) is 10.1. The highest BCUT2D eigenvalue weighted by Gasteiger charge is 2.14. The monoisotopic (exact) mass is 429 g/mol. The standard InChI is InChI=1S/C24H23N5O3/c1-15-4-8-19(9-5-15)25-23(31)18-7-11-21-27-29(24(32)28(21)13-18)14-22(30)26-20-10-6-16(2)12-17(20)3/h4-13H,14H2,1-3H3,(H,25,31)(H,26,30). The molecule has 0 spiro atoms. The maximum absolute atomic E-state index is 12.8. The van der Waals surface area contributed by atoms with E-state index in [2.05, 4.69) is 15.7 Å². The van der Waals surface area contributed by atoms with E-state index < -0.39 is 5.69 Å². The predicted octanol–water partition coefficient (Wildman–Crippen LogP) is 3.31. The van der Waals surface area contributed by atoms with Crippen molar-refractivity contribution in [2.24, 2.45) is 0 Å². The Bertz CT molecular complexity index is 1380. The summed E-state index contributed by atoms with van der Waals surface area (Å²) in [6.07, 6.45) is 1.42. The summed E-state index contributed by atoms with van der Waals surface area (Å²) >= 11 is 0. The normalized spacial score (nSPS) is 10.8. The van der Waals surface area contributed by atoms with Crippen molar-refractivity contribution in [1.29, 1.82) is 0 Å². The third-order valence-corrected chi connectivity index (χ3v) is 5.10. The molecule has 0 aliphatic carbocycles. The van der Waals surface area contributed by atoms with E-state index in [1.807, 2.05) is 63.2 Å². The average molecular weight is 429 g/mol. The Morgan fingerprint density at radius 2 is 1.62 bits per heavy atom. The molecule has 162 valence electrons. The fourth-order valence-electron chi connectivity index (χ4n) is 3.38. The van der Waals surface area contributed by atoms with Gasteiger partial charge in [0.2, 0.25) is 5.91 Å². The molecule has 32 heavy (non-hydrogen) atoms. The van der Waals surface area contributed by atoms with Crippen LogP contribution in [0.2, 0.25) is 0 Å². The zero-order valence-electron chi connectivity index (χ0n) is 18.0. The van der Waals surface area contributed by atoms with Gasteiger partial charge in [-0.1, -0.05) is 35.4 Å². The van der Waals surface area contributed by atoms with E-state index in [9.17, 15) is 14.4 Å². The molecule has 0 unspecified atom stereocenters. The van der Waals surface area contributed by atoms with E-state index >= 15 is 0 Å². The summed E-state index contributed by atoms with van der Waals surface area (Å²) in [6.45, 7) is 5.61. The molecule has 0 fully saturated rings. The van der Waals surface area contributed by atoms with Crippen molar-refractivity contribution in [3.05, 3.63) is 93.5 Å². The van der Waals surface area contributed by atoms with Crippen LogP contribution >= 0.6 is 0 Å². The Hall–Kier alpha value is -4.20. The van der Waals surface area contributed by atoms with Crippen molar-refractivity contribution in [3.8, 4) is 0 Å². The maximum Gasteiger partial charge on any atom is 0.350 e. The molecule has 0 aliphatic heterocycles. The SMILES string of the molecule is Cc1ccc(NC(=O)c2ccc3nn(CC(=O)Nc4ccc(C)cc4C)c(=O)n3c2)cc1. The Morgan fingerprint density at radius 1 is 0.906 bits per heavy atom. The molecule has 0 saturated heterocycles. The quantitative estimate of drug-likeness (QED) is 0.509. The molecule has 4 rings (SSSR count). The molecular weight excluding hydrogens is 406 g/mol. The molecule has 2 amide bonds. The van der Waals surface area contributed by atoms with Crippen LogP contribution in [0.3, 0.4) is 0 Å². The summed E-state index contributed by atoms with van der Waals surface area (Å²) in [4.78, 5) is 37.8. The predicted molar refractivity (Wildman–Crippen MR) is 123 cm³/mol. The Kier molecular flexibility index (Phi) is 5.59. The molecule has 2 heterocycles. The fraction of sp³-hybridized carbons (Fsp3) is 0.167. The second kappa shape index (κ2) is 8.50. The number of rotatable bonds is 5. The van der Waals surface area contributed by atoms with Crippen molar-refractivity contribution in [2.75, 3.05) is 10.6 Å². The summed E-state index contributed by atoms with van der Waals surface area (Å²) in [5, 5.41) is 9.80. The molecular formula is C24H23N5O3. The number of pyridine rings is 1. The number of amides is 2. The summed E-state index contributed by atoms with van der Waals surface area (Å²) in [5.41, 5.74) is 4.62. The Morgan fingerprint density at radius 3 is 2.34 bits per heavy atom. The number of aromatic nitrogens is 3. The number of carbonyl (C=O) groups excluding carboxylic acids is 2. The number of nitrogens with one attached hydrogen (secondary N) is 2. The third-order valence-electron chi connectivity index (χ3n) is 5.10. The lowest BCUT2D eigenvalue weighted by Crippen LogP contribution is -2.28. The number of carbonyl (C=O) groups is 2. The van der Waals surface area contributed by atoms with Crippen LogP contribution in [0.4, 0.5) is 11.4 Å². The molecule has 0 saturated carbocycles. The van der Waals surface area contributed by atoms with E-state index in [1.165, 1.54) is 10.6 Å². The lowest BCUT2D eigenvalue weighted by molar-refractivity contribution is -0.117. The van der Waals surface area contributed by atoms with Crippen LogP contribution in [-0.4, -0.2) is 26.0 Å². The van der Waals surface area contributed by atoms with Gasteiger partial charge in [0.15, 0.2) is 5.65 Å². The van der Waals surface area contributed by atoms with Crippen molar-refractivity contribution >= 4 is 28.8 Å². The lowest BCUT2D eigenvalue weighted by Gasteiger charge is -2.08. The number of hydrogen-bond acceptors (Lipinski definition) is 4. The maximum atomic E-state index is 12.8. The zero-order chi connectivity index (χ0) is 22.8. The van der Waals surface area contributed by atoms with Gasteiger partial charge >= 0.3 is 5.69 Å².